The van der Waals surface area contributed by atoms with Crippen LogP contribution < -0.4 is 0 Å². The topological polar surface area (TPSA) is 240 Å². The normalized spacial score (nSPS) is 36.0. The smallest absolute Gasteiger partial charge is 0.330 e. The molecule has 0 aromatic rings. The quantitative estimate of drug-likeness (QED) is 0.110. The van der Waals surface area contributed by atoms with Gasteiger partial charge in [0, 0.05) is 56.1 Å². The molecule has 0 aromatic heterocycles. The third-order valence-corrected chi connectivity index (χ3v) is 12.5. The van der Waals surface area contributed by atoms with Gasteiger partial charge in [-0.25, -0.2) is 9.59 Å². The zero-order valence-corrected chi connectivity index (χ0v) is 38.5. The van der Waals surface area contributed by atoms with Crippen molar-refractivity contribution in [1.82, 2.24) is 0 Å². The fraction of sp³-hybridized carbons (Fsp3) is 0.761. The Bertz CT molecular complexity index is 1730. The van der Waals surface area contributed by atoms with Crippen LogP contribution in [0.5, 0.6) is 0 Å². The molecule has 0 unspecified atom stereocenters. The van der Waals surface area contributed by atoms with Gasteiger partial charge in [-0.05, 0) is 44.1 Å². The zero-order chi connectivity index (χ0) is 47.1. The standard InChI is InChI=1S/C46H70O17/c1-11-12-37(49)61-42-29(20-39(51)57-10)19-32-23-35(27(4)47)59-41(53)22-30(48)21-33-24-36(60-40(52)15-26(2)3)44(7,8)45(54,62-33)25-34-17-28(18-38(50)56-9)16-31(58-34)13-14-43(5,6)46(42,55)63-32/h13-14,18,20,26-27,30-36,42,47-48,54-55H,11-12,15-17,19,21-25H2,1-10H3/b14-13+,28-18+,29-20+/t27-,30-,31+,32+,33-,34+,35-,36+,42+,45+,46-/m1/s1. The lowest BCUT2D eigenvalue weighted by Gasteiger charge is -2.54. The summed E-state index contributed by atoms with van der Waals surface area (Å²) in [6.45, 7) is 13.6. The number of aliphatic hydroxyl groups excluding tert-OH is 2. The van der Waals surface area contributed by atoms with Crippen molar-refractivity contribution in [3.63, 3.8) is 0 Å². The van der Waals surface area contributed by atoms with E-state index >= 15 is 0 Å². The van der Waals surface area contributed by atoms with Crippen LogP contribution in [0.4, 0.5) is 0 Å². The maximum atomic E-state index is 13.5. The van der Waals surface area contributed by atoms with Gasteiger partial charge in [-0.2, -0.15) is 0 Å². The fourth-order valence-corrected chi connectivity index (χ4v) is 8.68. The molecule has 11 atom stereocenters. The van der Waals surface area contributed by atoms with Gasteiger partial charge < -0.3 is 58.3 Å². The summed E-state index contributed by atoms with van der Waals surface area (Å²) in [5, 5.41) is 47.7. The second kappa shape index (κ2) is 21.5. The van der Waals surface area contributed by atoms with Crippen LogP contribution in [0.1, 0.15) is 126 Å². The number of hydrogen-bond acceptors (Lipinski definition) is 17. The van der Waals surface area contributed by atoms with E-state index < -0.39 is 114 Å². The lowest BCUT2D eigenvalue weighted by molar-refractivity contribution is -0.349. The van der Waals surface area contributed by atoms with Crippen LogP contribution in [0.3, 0.4) is 0 Å². The number of aliphatic hydroxyl groups is 4. The van der Waals surface area contributed by atoms with Gasteiger partial charge in [0.2, 0.25) is 5.79 Å². The average Bonchev–Trinajstić information content (AvgIpc) is 3.16. The summed E-state index contributed by atoms with van der Waals surface area (Å²) in [7, 11) is 2.42. The number of methoxy groups -OCH3 is 2. The van der Waals surface area contributed by atoms with Crippen molar-refractivity contribution < 1.29 is 82.3 Å². The number of rotatable bonds is 9. The van der Waals surface area contributed by atoms with Gasteiger partial charge in [-0.3, -0.25) is 14.4 Å². The molecule has 4 aliphatic heterocycles. The van der Waals surface area contributed by atoms with Crippen LogP contribution in [0.25, 0.3) is 0 Å². The molecule has 0 aromatic carbocycles. The first-order valence-electron chi connectivity index (χ1n) is 22.0. The highest BCUT2D eigenvalue weighted by molar-refractivity contribution is 5.83. The van der Waals surface area contributed by atoms with E-state index in [1.807, 2.05) is 13.8 Å². The number of carbonyl (C=O) groups is 5. The van der Waals surface area contributed by atoms with Crippen LogP contribution in [-0.4, -0.2) is 131 Å². The van der Waals surface area contributed by atoms with E-state index in [1.54, 1.807) is 46.8 Å². The number of carbonyl (C=O) groups excluding carboxylic acids is 5. The summed E-state index contributed by atoms with van der Waals surface area (Å²) < 4.78 is 47.0. The number of cyclic esters (lactones) is 1. The van der Waals surface area contributed by atoms with E-state index in [-0.39, 0.29) is 69.3 Å². The lowest BCUT2D eigenvalue weighted by Crippen LogP contribution is -2.62. The fourth-order valence-electron chi connectivity index (χ4n) is 8.68. The third kappa shape index (κ3) is 13.2. The molecule has 0 aliphatic carbocycles. The molecule has 6 bridgehead atoms. The number of esters is 5. The van der Waals surface area contributed by atoms with Gasteiger partial charge in [0.25, 0.3) is 0 Å². The Morgan fingerprint density at radius 1 is 0.857 bits per heavy atom. The average molecular weight is 895 g/mol. The second-order valence-electron chi connectivity index (χ2n) is 19.0. The van der Waals surface area contributed by atoms with E-state index in [1.165, 1.54) is 27.2 Å². The summed E-state index contributed by atoms with van der Waals surface area (Å²) in [4.78, 5) is 65.1. The third-order valence-electron chi connectivity index (χ3n) is 12.5. The van der Waals surface area contributed by atoms with Crippen molar-refractivity contribution >= 4 is 29.8 Å². The minimum absolute atomic E-state index is 0.00780. The maximum absolute atomic E-state index is 13.5. The minimum atomic E-state index is -2.41. The predicted octanol–water partition coefficient (Wildman–Crippen LogP) is 4.19. The second-order valence-corrected chi connectivity index (χ2v) is 19.0. The Morgan fingerprint density at radius 2 is 1.52 bits per heavy atom. The highest BCUT2D eigenvalue weighted by Crippen LogP contribution is 2.50. The molecule has 0 spiro atoms. The monoisotopic (exact) mass is 894 g/mol. The van der Waals surface area contributed by atoms with Crippen LogP contribution in [0.15, 0.2) is 35.5 Å². The molecule has 0 saturated carbocycles. The van der Waals surface area contributed by atoms with E-state index in [9.17, 15) is 44.4 Å². The zero-order valence-electron chi connectivity index (χ0n) is 38.5. The van der Waals surface area contributed by atoms with Crippen molar-refractivity contribution in [1.29, 1.82) is 0 Å². The first-order chi connectivity index (χ1) is 29.3. The highest BCUT2D eigenvalue weighted by Gasteiger charge is 2.59. The van der Waals surface area contributed by atoms with E-state index in [0.29, 0.717) is 12.0 Å². The van der Waals surface area contributed by atoms with Gasteiger partial charge in [0.15, 0.2) is 11.9 Å². The molecular weight excluding hydrogens is 824 g/mol. The molecule has 4 rings (SSSR count). The summed E-state index contributed by atoms with van der Waals surface area (Å²) in [5.41, 5.74) is -1.97. The molecule has 4 heterocycles. The summed E-state index contributed by atoms with van der Waals surface area (Å²) in [6, 6.07) is 0. The van der Waals surface area contributed by atoms with Gasteiger partial charge in [-0.1, -0.05) is 66.2 Å². The Morgan fingerprint density at radius 3 is 2.14 bits per heavy atom. The molecule has 3 saturated heterocycles. The van der Waals surface area contributed by atoms with Gasteiger partial charge in [0.1, 0.15) is 12.2 Å². The van der Waals surface area contributed by atoms with E-state index in [4.69, 9.17) is 37.9 Å². The first-order valence-corrected chi connectivity index (χ1v) is 22.0. The summed E-state index contributed by atoms with van der Waals surface area (Å²) in [6.07, 6.45) is -4.43. The molecule has 17 heteroatoms. The minimum Gasteiger partial charge on any atom is -0.466 e. The summed E-state index contributed by atoms with van der Waals surface area (Å²) >= 11 is 0. The molecule has 0 radical (unpaired) electrons. The molecule has 63 heavy (non-hydrogen) atoms. The van der Waals surface area contributed by atoms with Crippen LogP contribution >= 0.6 is 0 Å². The molecule has 3 fully saturated rings. The molecule has 4 N–H and O–H groups in total. The summed E-state index contributed by atoms with van der Waals surface area (Å²) in [5.74, 6) is -7.91. The highest BCUT2D eigenvalue weighted by atomic mass is 16.7. The molecule has 17 nitrogen and oxygen atoms in total. The van der Waals surface area contributed by atoms with Gasteiger partial charge >= 0.3 is 29.8 Å². The van der Waals surface area contributed by atoms with Gasteiger partial charge in [-0.15, -0.1) is 0 Å². The molecule has 4 aliphatic rings. The predicted molar refractivity (Wildman–Crippen MR) is 224 cm³/mol. The van der Waals surface area contributed by atoms with Crippen molar-refractivity contribution in [3.8, 4) is 0 Å². The number of ether oxygens (including phenoxy) is 8. The number of hydrogen-bond donors (Lipinski definition) is 4. The maximum Gasteiger partial charge on any atom is 0.330 e. The van der Waals surface area contributed by atoms with Crippen LogP contribution in [0, 0.1) is 16.7 Å². The van der Waals surface area contributed by atoms with E-state index in [2.05, 4.69) is 0 Å². The Labute approximate surface area is 370 Å². The molecule has 0 amide bonds. The van der Waals surface area contributed by atoms with Crippen molar-refractivity contribution in [3.05, 3.63) is 35.5 Å². The van der Waals surface area contributed by atoms with Crippen LogP contribution in [0.2, 0.25) is 0 Å². The van der Waals surface area contributed by atoms with Crippen molar-refractivity contribution in [2.75, 3.05) is 14.2 Å². The largest absolute Gasteiger partial charge is 0.466 e. The molecular formula is C46H70O17. The van der Waals surface area contributed by atoms with Crippen LogP contribution in [-0.2, 0) is 61.9 Å². The Balaban J connectivity index is 1.88. The lowest BCUT2D eigenvalue weighted by atomic mass is 9.70. The first kappa shape index (κ1) is 51.9. The Hall–Kier alpha value is -3.71. The Kier molecular flexibility index (Phi) is 17.7. The number of fused-ring (bicyclic) bond motifs is 6. The van der Waals surface area contributed by atoms with Crippen molar-refractivity contribution in [2.24, 2.45) is 16.7 Å². The van der Waals surface area contributed by atoms with E-state index in [0.717, 1.165) is 6.08 Å². The molecule has 356 valence electrons. The van der Waals surface area contributed by atoms with Gasteiger partial charge in [0.05, 0.1) is 62.7 Å². The van der Waals surface area contributed by atoms with Crippen molar-refractivity contribution in [2.45, 2.75) is 193 Å². The SMILES string of the molecule is CCCC(=O)O[C@H]1/C(=C/C(=O)OC)C[C@H]2C[C@H]([C@@H](C)O)OC(=O)C[C@H](O)C[C@@H]3C[C@H](OC(=O)CC(C)C)C(C)(C)[C@](O)(C[C@@H]4C/C(=C/C(=O)OC)C[C@H](/C=C/C(C)(C)[C@]1(O)O2)O4)O3.